The highest BCUT2D eigenvalue weighted by Crippen LogP contribution is 2.21. The summed E-state index contributed by atoms with van der Waals surface area (Å²) in [6, 6.07) is 0. The Morgan fingerprint density at radius 1 is 1.11 bits per heavy atom. The Kier molecular flexibility index (Phi) is 7.28. The zero-order valence-electron chi connectivity index (χ0n) is 12.1. The number of hydrogen-bond donors (Lipinski definition) is 1. The van der Waals surface area contributed by atoms with Crippen LogP contribution < -0.4 is 4.68 Å². The van der Waals surface area contributed by atoms with Gasteiger partial charge in [-0.05, 0) is 18.5 Å². The van der Waals surface area contributed by atoms with E-state index in [-0.39, 0.29) is 0 Å². The summed E-state index contributed by atoms with van der Waals surface area (Å²) in [6.45, 7) is 9.19. The van der Waals surface area contributed by atoms with Crippen molar-refractivity contribution in [2.75, 3.05) is 26.4 Å². The fraction of sp³-hybridized carbons (Fsp3) is 0.769. The Morgan fingerprint density at radius 2 is 1.84 bits per heavy atom. The van der Waals surface area contributed by atoms with Gasteiger partial charge in [0.2, 0.25) is 11.4 Å². The van der Waals surface area contributed by atoms with Crippen LogP contribution in [0.3, 0.4) is 0 Å². The molecule has 0 amide bonds. The molecule has 1 aromatic rings. The lowest BCUT2D eigenvalue weighted by atomic mass is 10.2. The van der Waals surface area contributed by atoms with Crippen molar-refractivity contribution in [3.8, 4) is 0 Å². The lowest BCUT2D eigenvalue weighted by molar-refractivity contribution is -0.757. The van der Waals surface area contributed by atoms with Crippen LogP contribution >= 0.6 is 0 Å². The number of nitrogens with one attached hydrogen (secondary N) is 1. The molecule has 6 nitrogen and oxygen atoms in total. The third kappa shape index (κ3) is 4.40. The molecule has 0 saturated heterocycles. The molecule has 6 heteroatoms. The van der Waals surface area contributed by atoms with Gasteiger partial charge < -0.3 is 9.47 Å². The normalized spacial score (nSPS) is 10.9. The number of rotatable bonds is 10. The molecule has 0 unspecified atom stereocenters. The maximum Gasteiger partial charge on any atom is 0.236 e. The maximum atomic E-state index is 10.9. The van der Waals surface area contributed by atoms with E-state index >= 15 is 0 Å². The standard InChI is InChI=1S/C13H23N3O3/c1-4-11-13(15-17)12(5-2)16(14-11)7-8-19-10-9-18-6-3/h4-10H2,1-3H3/p+1. The predicted molar refractivity (Wildman–Crippen MR) is 72.5 cm³/mol. The van der Waals surface area contributed by atoms with Gasteiger partial charge >= 0.3 is 0 Å². The zero-order valence-corrected chi connectivity index (χ0v) is 12.1. The summed E-state index contributed by atoms with van der Waals surface area (Å²) in [5.74, 6) is 0. The minimum atomic E-state index is 0.555. The third-order valence-corrected chi connectivity index (χ3v) is 2.97. The smallest absolute Gasteiger partial charge is 0.236 e. The number of aromatic amines is 1. The molecule has 0 aromatic carbocycles. The Morgan fingerprint density at radius 3 is 2.42 bits per heavy atom. The van der Waals surface area contributed by atoms with Crippen molar-refractivity contribution in [2.24, 2.45) is 5.18 Å². The number of hydrogen-bond acceptors (Lipinski definition) is 4. The van der Waals surface area contributed by atoms with E-state index in [1.165, 1.54) is 0 Å². The molecular formula is C13H24N3O3+. The van der Waals surface area contributed by atoms with Crippen molar-refractivity contribution in [3.63, 3.8) is 0 Å². The van der Waals surface area contributed by atoms with Gasteiger partial charge in [0.25, 0.3) is 0 Å². The van der Waals surface area contributed by atoms with E-state index in [1.54, 1.807) is 0 Å². The SMILES string of the molecule is CCOCCOCC[n+]1[nH]c(CC)c(N=O)c1CC. The minimum Gasteiger partial charge on any atom is -0.379 e. The topological polar surface area (TPSA) is 67.6 Å². The minimum absolute atomic E-state index is 0.555. The number of aromatic nitrogens is 2. The van der Waals surface area contributed by atoms with Crippen LogP contribution in [0.1, 0.15) is 32.2 Å². The molecule has 0 spiro atoms. The van der Waals surface area contributed by atoms with Gasteiger partial charge in [-0.3, -0.25) is 0 Å². The molecular weight excluding hydrogens is 246 g/mol. The number of nitrogens with zero attached hydrogens (tertiary/aromatic N) is 2. The fourth-order valence-corrected chi connectivity index (χ4v) is 2.01. The van der Waals surface area contributed by atoms with Crippen LogP contribution in [0.4, 0.5) is 5.69 Å². The molecule has 1 rings (SSSR count). The van der Waals surface area contributed by atoms with Crippen LogP contribution in [-0.2, 0) is 28.9 Å². The molecule has 1 N–H and O–H groups in total. The molecule has 1 aromatic heterocycles. The highest BCUT2D eigenvalue weighted by atomic mass is 16.5. The van der Waals surface area contributed by atoms with Crippen molar-refractivity contribution in [3.05, 3.63) is 16.3 Å². The van der Waals surface area contributed by atoms with Crippen molar-refractivity contribution in [2.45, 2.75) is 40.2 Å². The zero-order chi connectivity index (χ0) is 14.1. The quantitative estimate of drug-likeness (QED) is 0.401. The van der Waals surface area contributed by atoms with Crippen LogP contribution in [0.15, 0.2) is 5.18 Å². The molecule has 19 heavy (non-hydrogen) atoms. The molecule has 0 atom stereocenters. The summed E-state index contributed by atoms with van der Waals surface area (Å²) in [7, 11) is 0. The second-order valence-corrected chi connectivity index (χ2v) is 4.14. The molecule has 0 bridgehead atoms. The average molecular weight is 270 g/mol. The van der Waals surface area contributed by atoms with Gasteiger partial charge in [0, 0.05) is 13.0 Å². The first-order valence-electron chi connectivity index (χ1n) is 6.90. The second-order valence-electron chi connectivity index (χ2n) is 4.14. The first kappa shape index (κ1) is 15.8. The maximum absolute atomic E-state index is 10.9. The van der Waals surface area contributed by atoms with Gasteiger partial charge in [-0.15, -0.1) is 9.59 Å². The molecule has 1 heterocycles. The van der Waals surface area contributed by atoms with E-state index in [4.69, 9.17) is 9.47 Å². The molecule has 0 fully saturated rings. The van der Waals surface area contributed by atoms with E-state index in [0.29, 0.717) is 38.7 Å². The van der Waals surface area contributed by atoms with Gasteiger partial charge in [-0.2, -0.15) is 5.10 Å². The summed E-state index contributed by atoms with van der Waals surface area (Å²) < 4.78 is 12.6. The van der Waals surface area contributed by atoms with Gasteiger partial charge in [0.15, 0.2) is 6.54 Å². The molecule has 0 saturated carbocycles. The van der Waals surface area contributed by atoms with Crippen molar-refractivity contribution in [1.29, 1.82) is 0 Å². The van der Waals surface area contributed by atoms with Crippen LogP contribution in [0.2, 0.25) is 0 Å². The highest BCUT2D eigenvalue weighted by Gasteiger charge is 2.23. The largest absolute Gasteiger partial charge is 0.379 e. The summed E-state index contributed by atoms with van der Waals surface area (Å²) in [5.41, 5.74) is 2.39. The van der Waals surface area contributed by atoms with Crippen molar-refractivity contribution >= 4 is 5.69 Å². The first-order chi connectivity index (χ1) is 9.28. The molecule has 0 aliphatic heterocycles. The van der Waals surface area contributed by atoms with Crippen LogP contribution in [-0.4, -0.2) is 31.5 Å². The predicted octanol–water partition coefficient (Wildman–Crippen LogP) is 1.88. The summed E-state index contributed by atoms with van der Waals surface area (Å²) in [5, 5.41) is 6.35. The summed E-state index contributed by atoms with van der Waals surface area (Å²) in [4.78, 5) is 10.9. The van der Waals surface area contributed by atoms with Crippen LogP contribution in [0.25, 0.3) is 0 Å². The van der Waals surface area contributed by atoms with Crippen molar-refractivity contribution in [1.82, 2.24) is 5.10 Å². The first-order valence-corrected chi connectivity index (χ1v) is 6.90. The van der Waals surface area contributed by atoms with Gasteiger partial charge in [-0.25, -0.2) is 0 Å². The lowest BCUT2D eigenvalue weighted by Crippen LogP contribution is -2.41. The fourth-order valence-electron chi connectivity index (χ4n) is 2.01. The molecule has 0 aliphatic rings. The van der Waals surface area contributed by atoms with Gasteiger partial charge in [0.05, 0.1) is 13.2 Å². The molecule has 108 valence electrons. The van der Waals surface area contributed by atoms with Crippen LogP contribution in [0.5, 0.6) is 0 Å². The van der Waals surface area contributed by atoms with E-state index < -0.39 is 0 Å². The second kappa shape index (κ2) is 8.77. The molecule has 0 aliphatic carbocycles. The number of nitroso groups, excluding NO2 is 1. The summed E-state index contributed by atoms with van der Waals surface area (Å²) in [6.07, 6.45) is 1.54. The van der Waals surface area contributed by atoms with Gasteiger partial charge in [-0.1, -0.05) is 13.8 Å². The monoisotopic (exact) mass is 270 g/mol. The highest BCUT2D eigenvalue weighted by molar-refractivity contribution is 5.44. The number of ether oxygens (including phenoxy) is 2. The van der Waals surface area contributed by atoms with Crippen molar-refractivity contribution < 1.29 is 14.2 Å². The van der Waals surface area contributed by atoms with E-state index in [1.807, 2.05) is 25.5 Å². The van der Waals surface area contributed by atoms with Gasteiger partial charge in [0.1, 0.15) is 12.3 Å². The van der Waals surface area contributed by atoms with E-state index in [0.717, 1.165) is 24.2 Å². The average Bonchev–Trinajstić information content (AvgIpc) is 2.79. The number of aryl methyl sites for hydroxylation is 1. The van der Waals surface area contributed by atoms with Crippen LogP contribution in [0, 0.1) is 4.91 Å². The number of H-pyrrole nitrogens is 1. The van der Waals surface area contributed by atoms with E-state index in [9.17, 15) is 4.91 Å². The Balaban J connectivity index is 2.53. The Labute approximate surface area is 114 Å². The Hall–Kier alpha value is -1.27. The summed E-state index contributed by atoms with van der Waals surface area (Å²) >= 11 is 0. The lowest BCUT2D eigenvalue weighted by Gasteiger charge is -2.01. The third-order valence-electron chi connectivity index (χ3n) is 2.97. The molecule has 0 radical (unpaired) electrons. The Bertz CT molecular complexity index is 391. The van der Waals surface area contributed by atoms with E-state index in [2.05, 4.69) is 10.3 Å².